The van der Waals surface area contributed by atoms with Crippen LogP contribution in [0.1, 0.15) is 44.5 Å². The fourth-order valence-electron chi connectivity index (χ4n) is 1.80. The van der Waals surface area contributed by atoms with Gasteiger partial charge in [0.25, 0.3) is 0 Å². The van der Waals surface area contributed by atoms with E-state index in [-0.39, 0.29) is 6.10 Å². The van der Waals surface area contributed by atoms with Crippen molar-refractivity contribution in [3.05, 3.63) is 16.4 Å². The van der Waals surface area contributed by atoms with Gasteiger partial charge < -0.3 is 5.11 Å². The molecule has 1 aromatic heterocycles. The molecule has 1 aromatic rings. The van der Waals surface area contributed by atoms with Crippen molar-refractivity contribution in [1.29, 1.82) is 0 Å². The van der Waals surface area contributed by atoms with Crippen LogP contribution in [0.4, 0.5) is 0 Å². The van der Waals surface area contributed by atoms with Gasteiger partial charge in [-0.15, -0.1) is 0 Å². The number of aromatic nitrogens is 2. The van der Waals surface area contributed by atoms with E-state index in [1.54, 1.807) is 0 Å². The van der Waals surface area contributed by atoms with Gasteiger partial charge in [0.1, 0.15) is 0 Å². The summed E-state index contributed by atoms with van der Waals surface area (Å²) in [4.78, 5) is 0. The maximum Gasteiger partial charge on any atom is 0.0849 e. The zero-order chi connectivity index (χ0) is 12.1. The molecule has 16 heavy (non-hydrogen) atoms. The van der Waals surface area contributed by atoms with E-state index in [1.165, 1.54) is 0 Å². The molecule has 92 valence electrons. The quantitative estimate of drug-likeness (QED) is 0.836. The third-order valence-electron chi connectivity index (χ3n) is 2.93. The van der Waals surface area contributed by atoms with Gasteiger partial charge in [0.15, 0.2) is 0 Å². The van der Waals surface area contributed by atoms with E-state index in [0.717, 1.165) is 48.5 Å². The molecule has 1 N–H and O–H groups in total. The third kappa shape index (κ3) is 3.22. The van der Waals surface area contributed by atoms with Gasteiger partial charge in [-0.3, -0.25) is 4.68 Å². The summed E-state index contributed by atoms with van der Waals surface area (Å²) in [6.07, 6.45) is 4.18. The Labute approximate surface area is 102 Å². The van der Waals surface area contributed by atoms with Crippen molar-refractivity contribution < 1.29 is 5.11 Å². The largest absolute Gasteiger partial charge is 0.393 e. The Morgan fingerprint density at radius 2 is 2.12 bits per heavy atom. The number of nitrogens with zero attached hydrogens (tertiary/aromatic N) is 2. The van der Waals surface area contributed by atoms with Gasteiger partial charge in [0, 0.05) is 7.05 Å². The van der Waals surface area contributed by atoms with Crippen molar-refractivity contribution >= 4 is 11.6 Å². The molecule has 0 spiro atoms. The molecule has 4 heteroatoms. The van der Waals surface area contributed by atoms with Gasteiger partial charge in [-0.1, -0.05) is 25.4 Å². The molecule has 0 saturated heterocycles. The number of rotatable bonds is 6. The number of aryl methyl sites for hydroxylation is 2. The molecule has 0 radical (unpaired) electrons. The second kappa shape index (κ2) is 6.26. The molecule has 1 rings (SSSR count). The molecule has 0 aliphatic heterocycles. The number of aliphatic hydroxyl groups is 1. The van der Waals surface area contributed by atoms with E-state index in [2.05, 4.69) is 12.0 Å². The van der Waals surface area contributed by atoms with E-state index < -0.39 is 0 Å². The lowest BCUT2D eigenvalue weighted by molar-refractivity contribution is 0.157. The topological polar surface area (TPSA) is 38.0 Å². The number of aliphatic hydroxyl groups excluding tert-OH is 1. The molecule has 3 nitrogen and oxygen atoms in total. The monoisotopic (exact) mass is 244 g/mol. The number of halogens is 1. The summed E-state index contributed by atoms with van der Waals surface area (Å²) in [5.74, 6) is 0. The van der Waals surface area contributed by atoms with Gasteiger partial charge in [-0.05, 0) is 32.1 Å². The molecule has 0 amide bonds. The Morgan fingerprint density at radius 1 is 1.44 bits per heavy atom. The summed E-state index contributed by atoms with van der Waals surface area (Å²) in [7, 11) is 1.93. The van der Waals surface area contributed by atoms with E-state index in [4.69, 9.17) is 11.6 Å². The van der Waals surface area contributed by atoms with Crippen molar-refractivity contribution in [2.24, 2.45) is 7.05 Å². The zero-order valence-corrected chi connectivity index (χ0v) is 11.1. The molecular formula is C12H21ClN2O. The van der Waals surface area contributed by atoms with Crippen LogP contribution in [-0.4, -0.2) is 21.0 Å². The molecule has 0 bridgehead atoms. The predicted octanol–water partition coefficient (Wildman–Crippen LogP) is 2.73. The minimum atomic E-state index is -0.183. The molecule has 1 heterocycles. The summed E-state index contributed by atoms with van der Waals surface area (Å²) in [6, 6.07) is 0. The summed E-state index contributed by atoms with van der Waals surface area (Å²) in [5.41, 5.74) is 2.05. The first-order valence-electron chi connectivity index (χ1n) is 5.98. The lowest BCUT2D eigenvalue weighted by Gasteiger charge is -2.07. The van der Waals surface area contributed by atoms with Crippen molar-refractivity contribution in [1.82, 2.24) is 9.78 Å². The normalized spacial score (nSPS) is 13.1. The highest BCUT2D eigenvalue weighted by Crippen LogP contribution is 2.22. The third-order valence-corrected chi connectivity index (χ3v) is 3.36. The highest BCUT2D eigenvalue weighted by molar-refractivity contribution is 6.31. The van der Waals surface area contributed by atoms with E-state index in [1.807, 2.05) is 18.7 Å². The minimum Gasteiger partial charge on any atom is -0.393 e. The maximum absolute atomic E-state index is 9.47. The van der Waals surface area contributed by atoms with Gasteiger partial charge in [0.05, 0.1) is 22.5 Å². The van der Waals surface area contributed by atoms with Gasteiger partial charge in [0.2, 0.25) is 0 Å². The number of hydrogen-bond donors (Lipinski definition) is 1. The summed E-state index contributed by atoms with van der Waals surface area (Å²) in [5, 5.41) is 14.6. The highest BCUT2D eigenvalue weighted by atomic mass is 35.5. The zero-order valence-electron chi connectivity index (χ0n) is 10.3. The molecule has 1 atom stereocenters. The van der Waals surface area contributed by atoms with E-state index >= 15 is 0 Å². The second-order valence-electron chi connectivity index (χ2n) is 4.14. The molecule has 0 saturated carbocycles. The first-order valence-corrected chi connectivity index (χ1v) is 6.36. The van der Waals surface area contributed by atoms with Crippen LogP contribution in [0.5, 0.6) is 0 Å². The molecule has 0 fully saturated rings. The SMILES string of the molecule is CCc1nn(C)c(CCCC(O)CC)c1Cl. The van der Waals surface area contributed by atoms with E-state index in [9.17, 15) is 5.11 Å². The Bertz CT molecular complexity index is 336. The average Bonchev–Trinajstić information content (AvgIpc) is 2.55. The summed E-state index contributed by atoms with van der Waals surface area (Å²) < 4.78 is 1.86. The average molecular weight is 245 g/mol. The molecular weight excluding hydrogens is 224 g/mol. The number of hydrogen-bond acceptors (Lipinski definition) is 2. The van der Waals surface area contributed by atoms with Crippen molar-refractivity contribution in [2.75, 3.05) is 0 Å². The van der Waals surface area contributed by atoms with Gasteiger partial charge in [-0.25, -0.2) is 0 Å². The van der Waals surface area contributed by atoms with Crippen LogP contribution in [0.25, 0.3) is 0 Å². The van der Waals surface area contributed by atoms with Crippen molar-refractivity contribution in [2.45, 2.75) is 52.1 Å². The van der Waals surface area contributed by atoms with Crippen molar-refractivity contribution in [3.63, 3.8) is 0 Å². The second-order valence-corrected chi connectivity index (χ2v) is 4.52. The molecule has 0 aliphatic rings. The summed E-state index contributed by atoms with van der Waals surface area (Å²) in [6.45, 7) is 4.05. The van der Waals surface area contributed by atoms with Gasteiger partial charge in [-0.2, -0.15) is 5.10 Å². The van der Waals surface area contributed by atoms with Crippen LogP contribution in [0.15, 0.2) is 0 Å². The lowest BCUT2D eigenvalue weighted by atomic mass is 10.1. The summed E-state index contributed by atoms with van der Waals surface area (Å²) >= 11 is 6.23. The first-order chi connectivity index (χ1) is 7.60. The fraction of sp³-hybridized carbons (Fsp3) is 0.750. The molecule has 1 unspecified atom stereocenters. The van der Waals surface area contributed by atoms with Crippen LogP contribution in [0.2, 0.25) is 5.02 Å². The highest BCUT2D eigenvalue weighted by Gasteiger charge is 2.12. The molecule has 0 aromatic carbocycles. The standard InChI is InChI=1S/C12H21ClN2O/c1-4-9(16)7-6-8-11-12(13)10(5-2)14-15(11)3/h9,16H,4-8H2,1-3H3. The van der Waals surface area contributed by atoms with Crippen LogP contribution in [0, 0.1) is 0 Å². The smallest absolute Gasteiger partial charge is 0.0849 e. The predicted molar refractivity (Wildman–Crippen MR) is 66.8 cm³/mol. The van der Waals surface area contributed by atoms with Crippen molar-refractivity contribution in [3.8, 4) is 0 Å². The van der Waals surface area contributed by atoms with Crippen LogP contribution in [0.3, 0.4) is 0 Å². The van der Waals surface area contributed by atoms with E-state index in [0.29, 0.717) is 0 Å². The minimum absolute atomic E-state index is 0.183. The first kappa shape index (κ1) is 13.5. The van der Waals surface area contributed by atoms with Crippen LogP contribution >= 0.6 is 11.6 Å². The molecule has 0 aliphatic carbocycles. The Kier molecular flexibility index (Phi) is 5.29. The fourth-order valence-corrected chi connectivity index (χ4v) is 2.19. The van der Waals surface area contributed by atoms with Crippen LogP contribution in [-0.2, 0) is 19.9 Å². The van der Waals surface area contributed by atoms with Crippen LogP contribution < -0.4 is 0 Å². The lowest BCUT2D eigenvalue weighted by Crippen LogP contribution is -2.06. The van der Waals surface area contributed by atoms with Gasteiger partial charge >= 0.3 is 0 Å². The Morgan fingerprint density at radius 3 is 2.62 bits per heavy atom. The Balaban J connectivity index is 2.56. The maximum atomic E-state index is 9.47. The Hall–Kier alpha value is -0.540.